The lowest BCUT2D eigenvalue weighted by atomic mass is 10.3. The fraction of sp³-hybridized carbons (Fsp3) is 0. The average Bonchev–Trinajstić information content (AvgIpc) is 2.36. The Hall–Kier alpha value is -1.56. The van der Waals surface area contributed by atoms with Crippen LogP contribution in [0.2, 0.25) is 15.1 Å². The highest BCUT2D eigenvalue weighted by molar-refractivity contribution is 6.44. The minimum absolute atomic E-state index is 0.108. The van der Waals surface area contributed by atoms with Crippen molar-refractivity contribution in [3.05, 3.63) is 45.0 Å². The third-order valence-corrected chi connectivity index (χ3v) is 3.21. The summed E-state index contributed by atoms with van der Waals surface area (Å²) in [6.07, 6.45) is 0. The number of carbonyl (C=O) groups excluding carboxylic acids is 1. The van der Waals surface area contributed by atoms with Gasteiger partial charge in [0.25, 0.3) is 5.91 Å². The number of benzene rings is 1. The van der Waals surface area contributed by atoms with Crippen LogP contribution < -0.4 is 11.1 Å². The Labute approximate surface area is 123 Å². The van der Waals surface area contributed by atoms with Gasteiger partial charge < -0.3 is 11.1 Å². The molecule has 8 heteroatoms. The van der Waals surface area contributed by atoms with Gasteiger partial charge in [0.2, 0.25) is 0 Å². The molecule has 0 radical (unpaired) electrons. The maximum Gasteiger partial charge on any atom is 0.276 e. The van der Waals surface area contributed by atoms with Gasteiger partial charge in [0, 0.05) is 0 Å². The molecule has 5 nitrogen and oxygen atoms in total. The number of rotatable bonds is 2. The number of nitrogens with zero attached hydrogens (tertiary/aromatic N) is 2. The van der Waals surface area contributed by atoms with Crippen molar-refractivity contribution in [1.29, 1.82) is 0 Å². The summed E-state index contributed by atoms with van der Waals surface area (Å²) in [5, 5.41) is 10.6. The summed E-state index contributed by atoms with van der Waals surface area (Å²) >= 11 is 17.6. The predicted octanol–water partition coefficient (Wildman–Crippen LogP) is 3.27. The molecule has 1 aromatic carbocycles. The third kappa shape index (κ3) is 3.26. The van der Waals surface area contributed by atoms with Crippen molar-refractivity contribution in [2.45, 2.75) is 0 Å². The summed E-state index contributed by atoms with van der Waals surface area (Å²) in [5.41, 5.74) is 5.82. The summed E-state index contributed by atoms with van der Waals surface area (Å²) in [5.74, 6) is -0.253. The van der Waals surface area contributed by atoms with Gasteiger partial charge >= 0.3 is 0 Å². The van der Waals surface area contributed by atoms with Crippen molar-refractivity contribution < 1.29 is 4.79 Å². The van der Waals surface area contributed by atoms with E-state index in [-0.39, 0.29) is 21.6 Å². The van der Waals surface area contributed by atoms with E-state index in [2.05, 4.69) is 15.5 Å². The number of nitrogen functional groups attached to an aromatic ring is 1. The molecule has 0 spiro atoms. The van der Waals surface area contributed by atoms with Crippen molar-refractivity contribution in [1.82, 2.24) is 10.2 Å². The van der Waals surface area contributed by atoms with Gasteiger partial charge in [0.05, 0.1) is 20.8 Å². The highest BCUT2D eigenvalue weighted by Gasteiger charge is 2.12. The van der Waals surface area contributed by atoms with Crippen LogP contribution in [0, 0.1) is 0 Å². The fourth-order valence-corrected chi connectivity index (χ4v) is 1.86. The van der Waals surface area contributed by atoms with Gasteiger partial charge in [-0.1, -0.05) is 34.8 Å². The van der Waals surface area contributed by atoms with Crippen LogP contribution in [0.25, 0.3) is 0 Å². The van der Waals surface area contributed by atoms with E-state index in [0.717, 1.165) is 0 Å². The van der Waals surface area contributed by atoms with Crippen LogP contribution in [0.4, 0.5) is 11.5 Å². The molecule has 0 aliphatic rings. The first-order chi connectivity index (χ1) is 8.97. The van der Waals surface area contributed by atoms with Crippen LogP contribution in [0.3, 0.4) is 0 Å². The second-order valence-electron chi connectivity index (χ2n) is 3.54. The van der Waals surface area contributed by atoms with E-state index in [0.29, 0.717) is 10.7 Å². The van der Waals surface area contributed by atoms with Gasteiger partial charge in [-0.15, -0.1) is 10.2 Å². The smallest absolute Gasteiger partial charge is 0.276 e. The summed E-state index contributed by atoms with van der Waals surface area (Å²) in [7, 11) is 0. The van der Waals surface area contributed by atoms with Gasteiger partial charge in [-0.05, 0) is 24.3 Å². The maximum absolute atomic E-state index is 11.9. The molecule has 2 rings (SSSR count). The van der Waals surface area contributed by atoms with Crippen molar-refractivity contribution >= 4 is 52.2 Å². The summed E-state index contributed by atoms with van der Waals surface area (Å²) in [4.78, 5) is 11.9. The highest BCUT2D eigenvalue weighted by Crippen LogP contribution is 2.32. The molecule has 1 amide bonds. The molecule has 0 atom stereocenters. The van der Waals surface area contributed by atoms with Crippen LogP contribution in [-0.4, -0.2) is 16.1 Å². The van der Waals surface area contributed by atoms with E-state index in [1.165, 1.54) is 24.3 Å². The quantitative estimate of drug-likeness (QED) is 0.833. The first-order valence-electron chi connectivity index (χ1n) is 5.02. The van der Waals surface area contributed by atoms with Crippen LogP contribution in [0.15, 0.2) is 24.3 Å². The molecule has 0 aliphatic heterocycles. The average molecular weight is 318 g/mol. The van der Waals surface area contributed by atoms with Crippen molar-refractivity contribution in [2.75, 3.05) is 11.1 Å². The van der Waals surface area contributed by atoms with Gasteiger partial charge in [-0.3, -0.25) is 4.79 Å². The van der Waals surface area contributed by atoms with Crippen LogP contribution >= 0.6 is 34.8 Å². The van der Waals surface area contributed by atoms with E-state index < -0.39 is 5.91 Å². The largest absolute Gasteiger partial charge is 0.382 e. The first kappa shape index (κ1) is 13.9. The zero-order chi connectivity index (χ0) is 14.0. The first-order valence-corrected chi connectivity index (χ1v) is 6.16. The van der Waals surface area contributed by atoms with Gasteiger partial charge in [-0.2, -0.15) is 0 Å². The normalized spacial score (nSPS) is 10.3. The molecular formula is C11H7Cl3N4O. The molecule has 0 unspecified atom stereocenters. The van der Waals surface area contributed by atoms with E-state index in [1.807, 2.05) is 0 Å². The number of nitrogens with one attached hydrogen (secondary N) is 1. The van der Waals surface area contributed by atoms with Gasteiger partial charge in [0.15, 0.2) is 5.69 Å². The van der Waals surface area contributed by atoms with Crippen molar-refractivity contribution in [3.63, 3.8) is 0 Å². The topological polar surface area (TPSA) is 80.9 Å². The number of nitrogens with two attached hydrogens (primary N) is 1. The second-order valence-corrected chi connectivity index (χ2v) is 4.77. The molecule has 0 aliphatic carbocycles. The molecule has 1 heterocycles. The molecule has 0 bridgehead atoms. The number of anilines is 2. The van der Waals surface area contributed by atoms with Gasteiger partial charge in [-0.25, -0.2) is 0 Å². The molecule has 0 saturated carbocycles. The number of hydrogen-bond donors (Lipinski definition) is 2. The lowest BCUT2D eigenvalue weighted by molar-refractivity contribution is 0.102. The Kier molecular flexibility index (Phi) is 4.09. The molecule has 0 fully saturated rings. The summed E-state index contributed by atoms with van der Waals surface area (Å²) in [6.45, 7) is 0. The van der Waals surface area contributed by atoms with Crippen LogP contribution in [-0.2, 0) is 0 Å². The van der Waals surface area contributed by atoms with Crippen LogP contribution in [0.5, 0.6) is 0 Å². The molecule has 2 aromatic rings. The Morgan fingerprint density at radius 1 is 1.05 bits per heavy atom. The van der Waals surface area contributed by atoms with Crippen LogP contribution in [0.1, 0.15) is 10.5 Å². The summed E-state index contributed by atoms with van der Waals surface area (Å²) < 4.78 is 0. The molecule has 0 saturated heterocycles. The fourth-order valence-electron chi connectivity index (χ4n) is 1.27. The monoisotopic (exact) mass is 316 g/mol. The Morgan fingerprint density at radius 3 is 2.37 bits per heavy atom. The molecule has 98 valence electrons. The van der Waals surface area contributed by atoms with E-state index in [4.69, 9.17) is 40.5 Å². The number of aromatic nitrogens is 2. The predicted molar refractivity (Wildman–Crippen MR) is 75.9 cm³/mol. The number of hydrogen-bond acceptors (Lipinski definition) is 4. The molecule has 19 heavy (non-hydrogen) atoms. The second kappa shape index (κ2) is 5.61. The number of halogens is 3. The standard InChI is InChI=1S/C11H7Cl3N4O/c12-5-3-7(14)9(4-6(5)13)16-11(19)8-1-2-10(15)18-17-8/h1-4H,(H2,15,18)(H,16,19). The third-order valence-electron chi connectivity index (χ3n) is 2.18. The van der Waals surface area contributed by atoms with Crippen molar-refractivity contribution in [2.24, 2.45) is 0 Å². The Morgan fingerprint density at radius 2 is 1.74 bits per heavy atom. The minimum Gasteiger partial charge on any atom is -0.382 e. The number of amides is 1. The lowest BCUT2D eigenvalue weighted by Crippen LogP contribution is -2.15. The molecule has 1 aromatic heterocycles. The SMILES string of the molecule is Nc1ccc(C(=O)Nc2cc(Cl)c(Cl)cc2Cl)nn1. The van der Waals surface area contributed by atoms with Gasteiger partial charge in [0.1, 0.15) is 5.82 Å². The summed E-state index contributed by atoms with van der Waals surface area (Å²) in [6, 6.07) is 5.81. The van der Waals surface area contributed by atoms with E-state index in [1.54, 1.807) is 0 Å². The van der Waals surface area contributed by atoms with Crippen molar-refractivity contribution in [3.8, 4) is 0 Å². The Balaban J connectivity index is 2.24. The number of carbonyl (C=O) groups is 1. The minimum atomic E-state index is -0.479. The van der Waals surface area contributed by atoms with E-state index in [9.17, 15) is 4.79 Å². The molecule has 3 N–H and O–H groups in total. The Bertz CT molecular complexity index is 631. The molecular weight excluding hydrogens is 311 g/mol. The maximum atomic E-state index is 11.9. The van der Waals surface area contributed by atoms with E-state index >= 15 is 0 Å². The zero-order valence-electron chi connectivity index (χ0n) is 9.32. The zero-order valence-corrected chi connectivity index (χ0v) is 11.6. The highest BCUT2D eigenvalue weighted by atomic mass is 35.5. The lowest BCUT2D eigenvalue weighted by Gasteiger charge is -2.08.